The van der Waals surface area contributed by atoms with Crippen molar-refractivity contribution >= 4 is 17.0 Å². The van der Waals surface area contributed by atoms with Crippen molar-refractivity contribution in [1.29, 1.82) is 10.5 Å². The second kappa shape index (κ2) is 5.48. The maximum Gasteiger partial charge on any atom is 0.126 e. The zero-order valence-corrected chi connectivity index (χ0v) is 10.5. The first-order valence-electron chi connectivity index (χ1n) is 5.75. The van der Waals surface area contributed by atoms with Gasteiger partial charge in [0.2, 0.25) is 0 Å². The van der Waals surface area contributed by atoms with Crippen LogP contribution in [0.5, 0.6) is 0 Å². The van der Waals surface area contributed by atoms with Gasteiger partial charge >= 0.3 is 0 Å². The van der Waals surface area contributed by atoms with Gasteiger partial charge in [-0.15, -0.1) is 6.42 Å². The zero-order chi connectivity index (χ0) is 14.5. The van der Waals surface area contributed by atoms with E-state index in [1.807, 2.05) is 36.5 Å². The summed E-state index contributed by atoms with van der Waals surface area (Å²) in [6.07, 6.45) is 8.62. The van der Waals surface area contributed by atoms with E-state index in [4.69, 9.17) is 22.7 Å². The zero-order valence-electron chi connectivity index (χ0n) is 10.5. The van der Waals surface area contributed by atoms with E-state index in [1.54, 1.807) is 12.1 Å². The molecule has 4 nitrogen and oxygen atoms in total. The van der Waals surface area contributed by atoms with E-state index < -0.39 is 0 Å². The summed E-state index contributed by atoms with van der Waals surface area (Å²) < 4.78 is 0. The number of aromatic nitrogens is 1. The molecule has 0 fully saturated rings. The molecule has 0 atom stereocenters. The van der Waals surface area contributed by atoms with Crippen LogP contribution in [-0.2, 0) is 0 Å². The van der Waals surface area contributed by atoms with Gasteiger partial charge in [-0.25, -0.2) is 0 Å². The molecule has 0 aliphatic rings. The predicted molar refractivity (Wildman–Crippen MR) is 77.5 cm³/mol. The lowest BCUT2D eigenvalue weighted by Gasteiger charge is -2.00. The Labute approximate surface area is 116 Å². The molecule has 2 rings (SSSR count). The molecule has 1 aromatic heterocycles. The number of H-pyrrole nitrogens is 1. The number of terminal acetylenes is 1. The number of allylic oxidation sites excluding steroid dienone is 2. The van der Waals surface area contributed by atoms with E-state index in [0.29, 0.717) is 0 Å². The number of nitrogens with zero attached hydrogens (tertiary/aromatic N) is 2. The van der Waals surface area contributed by atoms with E-state index in [1.165, 1.54) is 0 Å². The van der Waals surface area contributed by atoms with Crippen LogP contribution in [0.3, 0.4) is 0 Å². The van der Waals surface area contributed by atoms with Gasteiger partial charge in [0.25, 0.3) is 0 Å². The van der Waals surface area contributed by atoms with Crippen molar-refractivity contribution in [2.45, 2.75) is 0 Å². The molecule has 94 valence electrons. The Morgan fingerprint density at radius 2 is 2.05 bits per heavy atom. The van der Waals surface area contributed by atoms with Gasteiger partial charge < -0.3 is 10.7 Å². The molecule has 3 N–H and O–H groups in total. The number of nitrogens with two attached hydrogens (primary N) is 1. The maximum absolute atomic E-state index is 9.15. The SMILES string of the molecule is C#C/C(C#N)=C(N)/C(C#N)=C/c1ccc2[nH]ccc2c1. The van der Waals surface area contributed by atoms with Crippen LogP contribution >= 0.6 is 0 Å². The summed E-state index contributed by atoms with van der Waals surface area (Å²) in [5.41, 5.74) is 7.72. The van der Waals surface area contributed by atoms with Crippen molar-refractivity contribution in [2.75, 3.05) is 0 Å². The number of nitrogens with one attached hydrogen (secondary N) is 1. The summed E-state index contributed by atoms with van der Waals surface area (Å²) in [5.74, 6) is 2.17. The summed E-state index contributed by atoms with van der Waals surface area (Å²) in [5, 5.41) is 19.0. The summed E-state index contributed by atoms with van der Waals surface area (Å²) in [4.78, 5) is 3.08. The van der Waals surface area contributed by atoms with Crippen molar-refractivity contribution in [3.8, 4) is 24.5 Å². The lowest BCUT2D eigenvalue weighted by Crippen LogP contribution is -2.03. The summed E-state index contributed by atoms with van der Waals surface area (Å²) in [7, 11) is 0. The summed E-state index contributed by atoms with van der Waals surface area (Å²) >= 11 is 0. The highest BCUT2D eigenvalue weighted by Crippen LogP contribution is 2.18. The third-order valence-electron chi connectivity index (χ3n) is 2.82. The van der Waals surface area contributed by atoms with E-state index in [9.17, 15) is 0 Å². The van der Waals surface area contributed by atoms with Crippen molar-refractivity contribution in [1.82, 2.24) is 4.98 Å². The molecule has 2 aromatic rings. The van der Waals surface area contributed by atoms with E-state index >= 15 is 0 Å². The molecule has 0 bridgehead atoms. The van der Waals surface area contributed by atoms with Gasteiger partial charge in [0.1, 0.15) is 17.7 Å². The van der Waals surface area contributed by atoms with Crippen molar-refractivity contribution in [3.05, 3.63) is 52.9 Å². The largest absolute Gasteiger partial charge is 0.396 e. The molecule has 0 amide bonds. The average Bonchev–Trinajstić information content (AvgIpc) is 2.93. The Kier molecular flexibility index (Phi) is 3.57. The van der Waals surface area contributed by atoms with Crippen LogP contribution in [0.1, 0.15) is 5.56 Å². The second-order valence-electron chi connectivity index (χ2n) is 4.04. The molecule has 0 radical (unpaired) electrons. The summed E-state index contributed by atoms with van der Waals surface area (Å²) in [6.45, 7) is 0. The molecule has 1 aromatic carbocycles. The standard InChI is InChI=1S/C16H10N4/c1-2-12(9-17)16(19)14(10-18)8-11-3-4-15-13(7-11)5-6-20-15/h1,3-8,20H,19H2/b14-8+,16-12+. The topological polar surface area (TPSA) is 89.4 Å². The second-order valence-corrected chi connectivity index (χ2v) is 4.04. The van der Waals surface area contributed by atoms with Crippen LogP contribution in [0.15, 0.2) is 47.3 Å². The molecule has 20 heavy (non-hydrogen) atoms. The molecule has 0 unspecified atom stereocenters. The normalized spacial score (nSPS) is 12.2. The Balaban J connectivity index is 2.52. The van der Waals surface area contributed by atoms with Gasteiger partial charge in [-0.05, 0) is 35.2 Å². The Hall–Kier alpha value is -3.42. The lowest BCUT2D eigenvalue weighted by atomic mass is 10.0. The molecule has 1 heterocycles. The molecular formula is C16H10N4. The molecular weight excluding hydrogens is 248 g/mol. The van der Waals surface area contributed by atoms with Gasteiger partial charge in [0, 0.05) is 11.7 Å². The van der Waals surface area contributed by atoms with Gasteiger partial charge in [0.15, 0.2) is 0 Å². The third kappa shape index (κ3) is 2.38. The van der Waals surface area contributed by atoms with Crippen LogP contribution in [0, 0.1) is 35.0 Å². The van der Waals surface area contributed by atoms with Crippen LogP contribution in [0.25, 0.3) is 17.0 Å². The highest BCUT2D eigenvalue weighted by Gasteiger charge is 2.06. The number of hydrogen-bond donors (Lipinski definition) is 2. The van der Waals surface area contributed by atoms with Crippen LogP contribution in [-0.4, -0.2) is 4.98 Å². The molecule has 0 aliphatic heterocycles. The number of nitriles is 2. The summed E-state index contributed by atoms with van der Waals surface area (Å²) in [6, 6.07) is 11.4. The number of rotatable bonds is 2. The van der Waals surface area contributed by atoms with Gasteiger partial charge in [-0.2, -0.15) is 10.5 Å². The first-order valence-corrected chi connectivity index (χ1v) is 5.75. The molecule has 0 spiro atoms. The fourth-order valence-corrected chi connectivity index (χ4v) is 1.80. The van der Waals surface area contributed by atoms with Crippen molar-refractivity contribution in [3.63, 3.8) is 0 Å². The lowest BCUT2D eigenvalue weighted by molar-refractivity contribution is 1.32. The number of benzene rings is 1. The smallest absolute Gasteiger partial charge is 0.126 e. The molecule has 0 saturated carbocycles. The number of fused-ring (bicyclic) bond motifs is 1. The van der Waals surface area contributed by atoms with Gasteiger partial charge in [0.05, 0.1) is 11.3 Å². The fourth-order valence-electron chi connectivity index (χ4n) is 1.80. The first-order chi connectivity index (χ1) is 9.69. The Morgan fingerprint density at radius 1 is 1.25 bits per heavy atom. The Morgan fingerprint density at radius 3 is 2.70 bits per heavy atom. The van der Waals surface area contributed by atoms with E-state index in [-0.39, 0.29) is 16.8 Å². The third-order valence-corrected chi connectivity index (χ3v) is 2.82. The molecule has 0 aliphatic carbocycles. The number of hydrogen-bond acceptors (Lipinski definition) is 3. The van der Waals surface area contributed by atoms with Crippen molar-refractivity contribution < 1.29 is 0 Å². The highest BCUT2D eigenvalue weighted by atomic mass is 14.7. The Bertz CT molecular complexity index is 829. The van der Waals surface area contributed by atoms with E-state index in [2.05, 4.69) is 10.9 Å². The van der Waals surface area contributed by atoms with Crippen LogP contribution in [0.2, 0.25) is 0 Å². The minimum Gasteiger partial charge on any atom is -0.396 e. The minimum absolute atomic E-state index is 0.0201. The highest BCUT2D eigenvalue weighted by molar-refractivity contribution is 5.82. The molecule has 0 saturated heterocycles. The van der Waals surface area contributed by atoms with Crippen LogP contribution < -0.4 is 5.73 Å². The minimum atomic E-state index is -0.0412. The first kappa shape index (κ1) is 13.0. The molecule has 4 heteroatoms. The van der Waals surface area contributed by atoms with Gasteiger partial charge in [-0.1, -0.05) is 12.0 Å². The van der Waals surface area contributed by atoms with Crippen molar-refractivity contribution in [2.24, 2.45) is 5.73 Å². The fraction of sp³-hybridized carbons (Fsp3) is 0. The van der Waals surface area contributed by atoms with Crippen LogP contribution in [0.4, 0.5) is 0 Å². The number of aromatic amines is 1. The van der Waals surface area contributed by atoms with E-state index in [0.717, 1.165) is 16.5 Å². The maximum atomic E-state index is 9.15. The van der Waals surface area contributed by atoms with Gasteiger partial charge in [-0.3, -0.25) is 0 Å². The quantitative estimate of drug-likeness (QED) is 0.492. The predicted octanol–water partition coefficient (Wildman–Crippen LogP) is 2.44. The monoisotopic (exact) mass is 258 g/mol. The average molecular weight is 258 g/mol.